The lowest BCUT2D eigenvalue weighted by atomic mass is 10.3. The Balaban J connectivity index is 0.00000361. The van der Waals surface area contributed by atoms with E-state index in [4.69, 9.17) is 15.2 Å². The van der Waals surface area contributed by atoms with Crippen LogP contribution in [0, 0.1) is 0 Å². The van der Waals surface area contributed by atoms with Crippen LogP contribution in [-0.2, 0) is 9.53 Å². The molecule has 1 rings (SSSR count). The summed E-state index contributed by atoms with van der Waals surface area (Å²) in [6, 6.07) is 9.52. The summed E-state index contributed by atoms with van der Waals surface area (Å²) < 4.78 is 10.7. The van der Waals surface area contributed by atoms with Gasteiger partial charge in [0.1, 0.15) is 19.0 Å². The summed E-state index contributed by atoms with van der Waals surface area (Å²) in [4.78, 5) is 13.3. The third-order valence-electron chi connectivity index (χ3n) is 2.86. The summed E-state index contributed by atoms with van der Waals surface area (Å²) in [5, 5.41) is 0. The molecule has 20 heavy (non-hydrogen) atoms. The van der Waals surface area contributed by atoms with Gasteiger partial charge in [0, 0.05) is 19.6 Å². The molecule has 0 saturated carbocycles. The molecule has 0 heterocycles. The zero-order valence-electron chi connectivity index (χ0n) is 12.0. The number of nitrogens with zero attached hydrogens (tertiary/aromatic N) is 1. The number of nitrogens with two attached hydrogens (primary N) is 1. The van der Waals surface area contributed by atoms with Gasteiger partial charge in [-0.2, -0.15) is 0 Å². The molecule has 5 nitrogen and oxygen atoms in total. The van der Waals surface area contributed by atoms with E-state index in [1.807, 2.05) is 37.3 Å². The predicted octanol–water partition coefficient (Wildman–Crippen LogP) is 1.31. The van der Waals surface area contributed by atoms with Crippen LogP contribution in [0.5, 0.6) is 5.75 Å². The molecule has 0 aliphatic carbocycles. The Morgan fingerprint density at radius 1 is 1.30 bits per heavy atom. The summed E-state index contributed by atoms with van der Waals surface area (Å²) in [7, 11) is 1.73. The van der Waals surface area contributed by atoms with Gasteiger partial charge in [-0.25, -0.2) is 0 Å². The van der Waals surface area contributed by atoms with Crippen LogP contribution in [0.4, 0.5) is 0 Å². The molecule has 0 aliphatic rings. The largest absolute Gasteiger partial charge is 0.491 e. The van der Waals surface area contributed by atoms with Crippen molar-refractivity contribution < 1.29 is 14.3 Å². The number of para-hydroxylation sites is 1. The second-order valence-electron chi connectivity index (χ2n) is 4.30. The Labute approximate surface area is 126 Å². The molecular weight excluding hydrogens is 280 g/mol. The van der Waals surface area contributed by atoms with E-state index < -0.39 is 0 Å². The minimum atomic E-state index is -0.0716. The van der Waals surface area contributed by atoms with Crippen molar-refractivity contribution in [3.63, 3.8) is 0 Å². The number of hydrogen-bond donors (Lipinski definition) is 1. The number of likely N-dealkylation sites (N-methyl/N-ethyl adjacent to an activating group) is 1. The Morgan fingerprint density at radius 3 is 2.55 bits per heavy atom. The van der Waals surface area contributed by atoms with Gasteiger partial charge >= 0.3 is 0 Å². The van der Waals surface area contributed by atoms with Crippen molar-refractivity contribution in [1.82, 2.24) is 4.90 Å². The van der Waals surface area contributed by atoms with Crippen LogP contribution in [0.25, 0.3) is 0 Å². The topological polar surface area (TPSA) is 64.8 Å². The number of amides is 1. The maximum Gasteiger partial charge on any atom is 0.248 e. The van der Waals surface area contributed by atoms with Gasteiger partial charge in [-0.1, -0.05) is 18.2 Å². The Bertz CT molecular complexity index is 376. The number of benzene rings is 1. The first-order chi connectivity index (χ1) is 9.15. The van der Waals surface area contributed by atoms with E-state index in [1.54, 1.807) is 11.9 Å². The quantitative estimate of drug-likeness (QED) is 0.735. The predicted molar refractivity (Wildman–Crippen MR) is 81.3 cm³/mol. The Morgan fingerprint density at radius 2 is 1.95 bits per heavy atom. The summed E-state index contributed by atoms with van der Waals surface area (Å²) in [5.74, 6) is 0.726. The first-order valence-corrected chi connectivity index (χ1v) is 6.36. The van der Waals surface area contributed by atoms with E-state index in [1.165, 1.54) is 0 Å². The maximum atomic E-state index is 11.7. The van der Waals surface area contributed by atoms with Gasteiger partial charge in [-0.3, -0.25) is 4.79 Å². The molecule has 0 fully saturated rings. The second-order valence-corrected chi connectivity index (χ2v) is 4.30. The summed E-state index contributed by atoms with van der Waals surface area (Å²) in [6.45, 7) is 3.20. The van der Waals surface area contributed by atoms with Crippen molar-refractivity contribution in [2.24, 2.45) is 5.73 Å². The van der Waals surface area contributed by atoms with E-state index in [-0.39, 0.29) is 31.0 Å². The van der Waals surface area contributed by atoms with E-state index in [0.717, 1.165) is 5.75 Å². The molecule has 0 bridgehead atoms. The van der Waals surface area contributed by atoms with Crippen molar-refractivity contribution in [2.75, 3.05) is 33.4 Å². The number of rotatable bonds is 8. The number of ether oxygens (including phenoxy) is 2. The monoisotopic (exact) mass is 302 g/mol. The van der Waals surface area contributed by atoms with Crippen LogP contribution in [0.1, 0.15) is 6.92 Å². The zero-order valence-corrected chi connectivity index (χ0v) is 12.8. The molecule has 0 spiro atoms. The van der Waals surface area contributed by atoms with Crippen LogP contribution < -0.4 is 10.5 Å². The van der Waals surface area contributed by atoms with Gasteiger partial charge in [0.25, 0.3) is 0 Å². The Kier molecular flexibility index (Phi) is 9.80. The van der Waals surface area contributed by atoms with Crippen molar-refractivity contribution in [1.29, 1.82) is 0 Å². The molecule has 0 aromatic heterocycles. The second kappa shape index (κ2) is 10.5. The maximum absolute atomic E-state index is 11.7. The normalized spacial score (nSPS) is 11.3. The van der Waals surface area contributed by atoms with Crippen LogP contribution in [0.2, 0.25) is 0 Å². The fourth-order valence-electron chi connectivity index (χ4n) is 1.40. The standard InChI is InChI=1S/C14H22N2O3.ClH/c1-12(10-15)16(2)14(17)11-18-8-9-19-13-6-4-3-5-7-13;/h3-7,12H,8-11,15H2,1-2H3;1H. The molecule has 1 unspecified atom stereocenters. The fraction of sp³-hybridized carbons (Fsp3) is 0.500. The molecule has 1 aromatic carbocycles. The minimum Gasteiger partial charge on any atom is -0.491 e. The van der Waals surface area contributed by atoms with E-state index in [9.17, 15) is 4.79 Å². The van der Waals surface area contributed by atoms with Gasteiger partial charge in [0.2, 0.25) is 5.91 Å². The Hall–Kier alpha value is -1.30. The smallest absolute Gasteiger partial charge is 0.248 e. The molecule has 1 atom stereocenters. The summed E-state index contributed by atoms with van der Waals surface area (Å²) in [5.41, 5.74) is 5.50. The highest BCUT2D eigenvalue weighted by Gasteiger charge is 2.13. The lowest BCUT2D eigenvalue weighted by Crippen LogP contribution is -2.41. The van der Waals surface area contributed by atoms with E-state index in [0.29, 0.717) is 19.8 Å². The molecule has 6 heteroatoms. The SMILES string of the molecule is CC(CN)N(C)C(=O)COCCOc1ccccc1.Cl. The van der Waals surface area contributed by atoms with Crippen molar-refractivity contribution >= 4 is 18.3 Å². The third kappa shape index (κ3) is 6.75. The minimum absolute atomic E-state index is 0. The van der Waals surface area contributed by atoms with Crippen LogP contribution in [0.3, 0.4) is 0 Å². The molecule has 0 saturated heterocycles. The van der Waals surface area contributed by atoms with Crippen LogP contribution >= 0.6 is 12.4 Å². The fourth-order valence-corrected chi connectivity index (χ4v) is 1.40. The van der Waals surface area contributed by atoms with E-state index in [2.05, 4.69) is 0 Å². The molecule has 2 N–H and O–H groups in total. The molecule has 0 aliphatic heterocycles. The van der Waals surface area contributed by atoms with Gasteiger partial charge in [0.15, 0.2) is 0 Å². The van der Waals surface area contributed by atoms with Crippen LogP contribution in [0.15, 0.2) is 30.3 Å². The first-order valence-electron chi connectivity index (χ1n) is 6.36. The summed E-state index contributed by atoms with van der Waals surface area (Å²) in [6.07, 6.45) is 0. The average Bonchev–Trinajstić information content (AvgIpc) is 2.46. The van der Waals surface area contributed by atoms with Gasteiger partial charge in [-0.05, 0) is 19.1 Å². The number of carbonyl (C=O) groups is 1. The summed E-state index contributed by atoms with van der Waals surface area (Å²) >= 11 is 0. The molecule has 114 valence electrons. The van der Waals surface area contributed by atoms with Gasteiger partial charge in [-0.15, -0.1) is 12.4 Å². The van der Waals surface area contributed by atoms with Crippen molar-refractivity contribution in [3.05, 3.63) is 30.3 Å². The number of carbonyl (C=O) groups excluding carboxylic acids is 1. The zero-order chi connectivity index (χ0) is 14.1. The highest BCUT2D eigenvalue weighted by Crippen LogP contribution is 2.07. The van der Waals surface area contributed by atoms with Crippen molar-refractivity contribution in [2.45, 2.75) is 13.0 Å². The number of halogens is 1. The molecule has 1 aromatic rings. The van der Waals surface area contributed by atoms with Gasteiger partial charge in [0.05, 0.1) is 6.61 Å². The average molecular weight is 303 g/mol. The lowest BCUT2D eigenvalue weighted by Gasteiger charge is -2.23. The molecular formula is C14H23ClN2O3. The van der Waals surface area contributed by atoms with Crippen molar-refractivity contribution in [3.8, 4) is 5.75 Å². The van der Waals surface area contributed by atoms with E-state index >= 15 is 0 Å². The third-order valence-corrected chi connectivity index (χ3v) is 2.86. The molecule has 1 amide bonds. The van der Waals surface area contributed by atoms with Gasteiger partial charge < -0.3 is 20.1 Å². The van der Waals surface area contributed by atoms with Crippen LogP contribution in [-0.4, -0.2) is 50.3 Å². The molecule has 0 radical (unpaired) electrons. The highest BCUT2D eigenvalue weighted by molar-refractivity contribution is 5.85. The lowest BCUT2D eigenvalue weighted by molar-refractivity contribution is -0.136. The first kappa shape index (κ1) is 18.7. The highest BCUT2D eigenvalue weighted by atomic mass is 35.5. The number of hydrogen-bond acceptors (Lipinski definition) is 4.